The summed E-state index contributed by atoms with van der Waals surface area (Å²) in [7, 11) is 0. The molecule has 1 fully saturated rings. The fraction of sp³-hybridized carbons (Fsp3) is 0.348. The molecule has 1 amide bonds. The first-order chi connectivity index (χ1) is 13.7. The number of aromatic nitrogens is 1. The second-order valence-corrected chi connectivity index (χ2v) is 7.68. The van der Waals surface area contributed by atoms with Gasteiger partial charge in [0.05, 0.1) is 13.2 Å². The summed E-state index contributed by atoms with van der Waals surface area (Å²) in [5.41, 5.74) is 4.66. The van der Waals surface area contributed by atoms with Crippen LogP contribution in [0.5, 0.6) is 0 Å². The molecule has 0 aliphatic carbocycles. The lowest BCUT2D eigenvalue weighted by atomic mass is 9.87. The first-order valence-corrected chi connectivity index (χ1v) is 10.2. The first kappa shape index (κ1) is 19.0. The topological polar surface area (TPSA) is 45.3 Å². The number of carbonyl (C=O) groups is 1. The summed E-state index contributed by atoms with van der Waals surface area (Å²) >= 11 is 6.28. The molecule has 5 heteroatoms. The van der Waals surface area contributed by atoms with E-state index in [-0.39, 0.29) is 11.8 Å². The highest BCUT2D eigenvalue weighted by Gasteiger charge is 2.25. The molecule has 1 aromatic heterocycles. The van der Waals surface area contributed by atoms with E-state index in [0.29, 0.717) is 37.7 Å². The predicted molar refractivity (Wildman–Crippen MR) is 113 cm³/mol. The molecule has 4 nitrogen and oxygen atoms in total. The quantitative estimate of drug-likeness (QED) is 0.675. The van der Waals surface area contributed by atoms with Crippen LogP contribution >= 0.6 is 11.6 Å². The van der Waals surface area contributed by atoms with E-state index in [1.807, 2.05) is 23.1 Å². The number of halogens is 1. The monoisotopic (exact) mass is 396 g/mol. The number of carbonyl (C=O) groups excluding carboxylic acids is 1. The van der Waals surface area contributed by atoms with E-state index in [9.17, 15) is 4.79 Å². The summed E-state index contributed by atoms with van der Waals surface area (Å²) < 4.78 is 5.39. The number of hydrogen-bond donors (Lipinski definition) is 1. The van der Waals surface area contributed by atoms with E-state index >= 15 is 0 Å². The number of hydrogen-bond acceptors (Lipinski definition) is 2. The van der Waals surface area contributed by atoms with Crippen LogP contribution in [0.2, 0.25) is 5.02 Å². The van der Waals surface area contributed by atoms with E-state index in [0.717, 1.165) is 23.1 Å². The van der Waals surface area contributed by atoms with Crippen molar-refractivity contribution in [2.24, 2.45) is 0 Å². The third kappa shape index (κ3) is 3.80. The Morgan fingerprint density at radius 2 is 2.00 bits per heavy atom. The molecule has 1 unspecified atom stereocenters. The standard InChI is InChI=1S/C23H25ClN2O2/c1-2-16-5-4-8-19-21(15-25-23(16)19)20(17-6-3-7-18(24)13-17)14-22(27)26-9-11-28-12-10-26/h3-8,13,15,20,25H,2,9-12,14H2,1H3. The van der Waals surface area contributed by atoms with Gasteiger partial charge in [0.1, 0.15) is 0 Å². The highest BCUT2D eigenvalue weighted by molar-refractivity contribution is 6.30. The number of aromatic amines is 1. The second kappa shape index (κ2) is 8.38. The number of para-hydroxylation sites is 1. The van der Waals surface area contributed by atoms with Crippen molar-refractivity contribution in [2.45, 2.75) is 25.7 Å². The number of morpholine rings is 1. The normalized spacial score (nSPS) is 15.7. The molecule has 3 aromatic rings. The van der Waals surface area contributed by atoms with Gasteiger partial charge in [0.25, 0.3) is 0 Å². The van der Waals surface area contributed by atoms with Gasteiger partial charge in [-0.15, -0.1) is 0 Å². The van der Waals surface area contributed by atoms with Crippen molar-refractivity contribution in [3.63, 3.8) is 0 Å². The lowest BCUT2D eigenvalue weighted by molar-refractivity contribution is -0.135. The second-order valence-electron chi connectivity index (χ2n) is 7.24. The van der Waals surface area contributed by atoms with E-state index in [1.165, 1.54) is 10.9 Å². The molecule has 1 aliphatic rings. The Labute approximate surface area is 170 Å². The minimum absolute atomic E-state index is 0.0464. The molecule has 2 heterocycles. The molecule has 1 saturated heterocycles. The Balaban J connectivity index is 1.74. The summed E-state index contributed by atoms with van der Waals surface area (Å²) in [6.07, 6.45) is 3.44. The van der Waals surface area contributed by atoms with E-state index < -0.39 is 0 Å². The van der Waals surface area contributed by atoms with Crippen LogP contribution in [0.15, 0.2) is 48.7 Å². The van der Waals surface area contributed by atoms with Crippen LogP contribution in [0.25, 0.3) is 10.9 Å². The van der Waals surface area contributed by atoms with Crippen LogP contribution < -0.4 is 0 Å². The van der Waals surface area contributed by atoms with Crippen molar-refractivity contribution >= 4 is 28.4 Å². The third-order valence-corrected chi connectivity index (χ3v) is 5.82. The van der Waals surface area contributed by atoms with Gasteiger partial charge in [-0.25, -0.2) is 0 Å². The van der Waals surface area contributed by atoms with Gasteiger partial charge >= 0.3 is 0 Å². The van der Waals surface area contributed by atoms with Gasteiger partial charge in [-0.05, 0) is 35.2 Å². The third-order valence-electron chi connectivity index (χ3n) is 5.58. The van der Waals surface area contributed by atoms with Gasteiger partial charge in [0, 0.05) is 47.6 Å². The van der Waals surface area contributed by atoms with E-state index in [1.54, 1.807) is 0 Å². The number of aryl methyl sites for hydroxylation is 1. The van der Waals surface area contributed by atoms with Crippen molar-refractivity contribution in [1.29, 1.82) is 0 Å². The van der Waals surface area contributed by atoms with Gasteiger partial charge < -0.3 is 14.6 Å². The van der Waals surface area contributed by atoms with Crippen molar-refractivity contribution in [3.05, 3.63) is 70.4 Å². The molecule has 28 heavy (non-hydrogen) atoms. The zero-order chi connectivity index (χ0) is 19.5. The maximum absolute atomic E-state index is 13.0. The Kier molecular flexibility index (Phi) is 5.69. The maximum atomic E-state index is 13.0. The van der Waals surface area contributed by atoms with Crippen LogP contribution in [0.1, 0.15) is 36.0 Å². The lowest BCUT2D eigenvalue weighted by Crippen LogP contribution is -2.41. The number of ether oxygens (including phenoxy) is 1. The smallest absolute Gasteiger partial charge is 0.223 e. The first-order valence-electron chi connectivity index (χ1n) is 9.87. The Hall–Kier alpha value is -2.30. The molecule has 0 bridgehead atoms. The molecule has 4 rings (SSSR count). The highest BCUT2D eigenvalue weighted by atomic mass is 35.5. The fourth-order valence-corrected chi connectivity index (χ4v) is 4.27. The van der Waals surface area contributed by atoms with Crippen molar-refractivity contribution in [3.8, 4) is 0 Å². The van der Waals surface area contributed by atoms with Crippen LogP contribution in [0.3, 0.4) is 0 Å². The zero-order valence-corrected chi connectivity index (χ0v) is 16.8. The highest BCUT2D eigenvalue weighted by Crippen LogP contribution is 2.36. The summed E-state index contributed by atoms with van der Waals surface area (Å²) in [5, 5.41) is 1.87. The molecule has 2 aromatic carbocycles. The summed E-state index contributed by atoms with van der Waals surface area (Å²) in [6, 6.07) is 14.2. The zero-order valence-electron chi connectivity index (χ0n) is 16.1. The molecule has 0 saturated carbocycles. The fourth-order valence-electron chi connectivity index (χ4n) is 4.07. The van der Waals surface area contributed by atoms with E-state index in [4.69, 9.17) is 16.3 Å². The molecular formula is C23H25ClN2O2. The number of benzene rings is 2. The number of rotatable bonds is 5. The SMILES string of the molecule is CCc1cccc2c(C(CC(=O)N3CCOCC3)c3cccc(Cl)c3)c[nH]c12. The van der Waals surface area contributed by atoms with Gasteiger partial charge in [0.2, 0.25) is 5.91 Å². The summed E-state index contributed by atoms with van der Waals surface area (Å²) in [4.78, 5) is 18.4. The Morgan fingerprint density at radius 3 is 2.75 bits per heavy atom. The van der Waals surface area contributed by atoms with Crippen molar-refractivity contribution in [1.82, 2.24) is 9.88 Å². The molecular weight excluding hydrogens is 372 g/mol. The predicted octanol–water partition coefficient (Wildman–Crippen LogP) is 4.76. The number of H-pyrrole nitrogens is 1. The lowest BCUT2D eigenvalue weighted by Gasteiger charge is -2.28. The minimum Gasteiger partial charge on any atom is -0.378 e. The Morgan fingerprint density at radius 1 is 1.21 bits per heavy atom. The Bertz CT molecular complexity index is 976. The van der Waals surface area contributed by atoms with Crippen LogP contribution in [0.4, 0.5) is 0 Å². The average molecular weight is 397 g/mol. The molecule has 1 atom stereocenters. The van der Waals surface area contributed by atoms with Crippen molar-refractivity contribution in [2.75, 3.05) is 26.3 Å². The number of nitrogens with zero attached hydrogens (tertiary/aromatic N) is 1. The summed E-state index contributed by atoms with van der Waals surface area (Å²) in [5.74, 6) is 0.115. The molecule has 146 valence electrons. The van der Waals surface area contributed by atoms with E-state index in [2.05, 4.69) is 42.4 Å². The average Bonchev–Trinajstić information content (AvgIpc) is 3.16. The minimum atomic E-state index is -0.0464. The van der Waals surface area contributed by atoms with Gasteiger partial charge in [0.15, 0.2) is 0 Å². The van der Waals surface area contributed by atoms with Gasteiger partial charge in [-0.2, -0.15) is 0 Å². The molecule has 1 aliphatic heterocycles. The van der Waals surface area contributed by atoms with Crippen LogP contribution in [0, 0.1) is 0 Å². The number of nitrogens with one attached hydrogen (secondary N) is 1. The summed E-state index contributed by atoms with van der Waals surface area (Å²) in [6.45, 7) is 4.71. The maximum Gasteiger partial charge on any atom is 0.223 e. The van der Waals surface area contributed by atoms with Crippen molar-refractivity contribution < 1.29 is 9.53 Å². The molecule has 0 spiro atoms. The molecule has 0 radical (unpaired) electrons. The van der Waals surface area contributed by atoms with Gasteiger partial charge in [-0.3, -0.25) is 4.79 Å². The largest absolute Gasteiger partial charge is 0.378 e. The van der Waals surface area contributed by atoms with Crippen LogP contribution in [-0.4, -0.2) is 42.1 Å². The van der Waals surface area contributed by atoms with Crippen LogP contribution in [-0.2, 0) is 16.0 Å². The number of fused-ring (bicyclic) bond motifs is 1. The molecule has 1 N–H and O–H groups in total. The number of amides is 1. The van der Waals surface area contributed by atoms with Gasteiger partial charge in [-0.1, -0.05) is 48.9 Å².